The number of sulfonamides is 1. The number of aliphatic hydroxyl groups is 1. The van der Waals surface area contributed by atoms with E-state index in [1.165, 1.54) is 30.4 Å². The minimum Gasteiger partial charge on any atom is -0.368 e. The predicted octanol–water partition coefficient (Wildman–Crippen LogP) is 2.97. The summed E-state index contributed by atoms with van der Waals surface area (Å²) in [7, 11) is -4.28. The molecule has 0 aromatic heterocycles. The van der Waals surface area contributed by atoms with Crippen molar-refractivity contribution in [1.82, 2.24) is 4.72 Å². The van der Waals surface area contributed by atoms with Crippen molar-refractivity contribution >= 4 is 15.8 Å². The summed E-state index contributed by atoms with van der Waals surface area (Å²) < 4.78 is 40.5. The molecule has 28 heavy (non-hydrogen) atoms. The smallest absolute Gasteiger partial charge is 0.246 e. The third kappa shape index (κ3) is 4.69. The topological polar surface area (TPSA) is 83.5 Å². The SMILES string of the molecule is O=C(/C=C/C1C=CC(O)(NS(=O)(=O)c2ccccc2F)C=C1)c1ccccc1. The van der Waals surface area contributed by atoms with Gasteiger partial charge in [-0.15, -0.1) is 0 Å². The van der Waals surface area contributed by atoms with Crippen LogP contribution in [0.5, 0.6) is 0 Å². The summed E-state index contributed by atoms with van der Waals surface area (Å²) in [6.45, 7) is 0. The number of carbonyl (C=O) groups is 1. The first-order valence-electron chi connectivity index (χ1n) is 8.46. The van der Waals surface area contributed by atoms with Gasteiger partial charge in [-0.1, -0.05) is 60.7 Å². The zero-order valence-electron chi connectivity index (χ0n) is 14.7. The van der Waals surface area contributed by atoms with Gasteiger partial charge in [-0.25, -0.2) is 12.8 Å². The van der Waals surface area contributed by atoms with Crippen LogP contribution < -0.4 is 4.72 Å². The third-order valence-electron chi connectivity index (χ3n) is 4.10. The number of halogens is 1. The van der Waals surface area contributed by atoms with Crippen molar-refractivity contribution in [2.24, 2.45) is 5.92 Å². The summed E-state index contributed by atoms with van der Waals surface area (Å²) in [5.74, 6) is -1.38. The fourth-order valence-corrected chi connectivity index (χ4v) is 3.92. The maximum Gasteiger partial charge on any atom is 0.246 e. The van der Waals surface area contributed by atoms with Crippen LogP contribution in [-0.2, 0) is 10.0 Å². The molecular formula is C21H18FNO4S. The number of hydrogen-bond donors (Lipinski definition) is 2. The molecule has 0 aliphatic heterocycles. The third-order valence-corrected chi connectivity index (χ3v) is 5.60. The molecule has 0 saturated heterocycles. The highest BCUT2D eigenvalue weighted by Crippen LogP contribution is 2.22. The second kappa shape index (κ2) is 8.02. The zero-order valence-corrected chi connectivity index (χ0v) is 15.5. The van der Waals surface area contributed by atoms with E-state index >= 15 is 0 Å². The Balaban J connectivity index is 1.69. The average molecular weight is 399 g/mol. The lowest BCUT2D eigenvalue weighted by molar-refractivity contribution is 0.104. The van der Waals surface area contributed by atoms with Crippen LogP contribution in [-0.4, -0.2) is 25.0 Å². The summed E-state index contributed by atoms with van der Waals surface area (Å²) in [4.78, 5) is 11.5. The Hall–Kier alpha value is -2.87. The molecule has 0 amide bonds. The number of ketones is 1. The number of nitrogens with one attached hydrogen (secondary N) is 1. The van der Waals surface area contributed by atoms with Crippen LogP contribution in [0.3, 0.4) is 0 Å². The zero-order chi connectivity index (χ0) is 20.2. The highest BCUT2D eigenvalue weighted by Gasteiger charge is 2.31. The van der Waals surface area contributed by atoms with E-state index in [4.69, 9.17) is 0 Å². The van der Waals surface area contributed by atoms with E-state index in [-0.39, 0.29) is 11.7 Å². The van der Waals surface area contributed by atoms with E-state index in [9.17, 15) is 22.7 Å². The van der Waals surface area contributed by atoms with Crippen LogP contribution in [0, 0.1) is 11.7 Å². The molecule has 2 aromatic rings. The average Bonchev–Trinajstić information content (AvgIpc) is 2.67. The molecule has 0 unspecified atom stereocenters. The lowest BCUT2D eigenvalue weighted by Gasteiger charge is -2.25. The number of rotatable bonds is 6. The van der Waals surface area contributed by atoms with Gasteiger partial charge >= 0.3 is 0 Å². The Morgan fingerprint density at radius 1 is 1.04 bits per heavy atom. The van der Waals surface area contributed by atoms with E-state index in [0.717, 1.165) is 12.1 Å². The molecule has 1 aliphatic rings. The Morgan fingerprint density at radius 2 is 1.64 bits per heavy atom. The van der Waals surface area contributed by atoms with Gasteiger partial charge in [0.15, 0.2) is 11.5 Å². The minimum absolute atomic E-state index is 0.163. The van der Waals surface area contributed by atoms with Gasteiger partial charge in [0, 0.05) is 11.5 Å². The maximum absolute atomic E-state index is 13.8. The lowest BCUT2D eigenvalue weighted by Crippen LogP contribution is -2.46. The van der Waals surface area contributed by atoms with Crippen LogP contribution in [0.1, 0.15) is 10.4 Å². The molecule has 1 aliphatic carbocycles. The molecule has 5 nitrogen and oxygen atoms in total. The van der Waals surface area contributed by atoms with Crippen molar-refractivity contribution in [2.75, 3.05) is 0 Å². The van der Waals surface area contributed by atoms with Crippen molar-refractivity contribution in [2.45, 2.75) is 10.6 Å². The quantitative estimate of drug-likeness (QED) is 0.339. The van der Waals surface area contributed by atoms with Crippen molar-refractivity contribution in [3.63, 3.8) is 0 Å². The number of allylic oxidation sites excluding steroid dienone is 4. The number of carbonyl (C=O) groups excluding carboxylic acids is 1. The number of hydrogen-bond acceptors (Lipinski definition) is 4. The van der Waals surface area contributed by atoms with Gasteiger partial charge < -0.3 is 5.11 Å². The van der Waals surface area contributed by atoms with Crippen molar-refractivity contribution in [3.05, 3.63) is 102 Å². The predicted molar refractivity (Wildman–Crippen MR) is 103 cm³/mol. The second-order valence-electron chi connectivity index (χ2n) is 6.25. The van der Waals surface area contributed by atoms with E-state index in [1.807, 2.05) is 6.07 Å². The highest BCUT2D eigenvalue weighted by atomic mass is 32.2. The maximum atomic E-state index is 13.8. The van der Waals surface area contributed by atoms with Gasteiger partial charge in [0.05, 0.1) is 0 Å². The van der Waals surface area contributed by atoms with E-state index in [2.05, 4.69) is 4.72 Å². The largest absolute Gasteiger partial charge is 0.368 e. The Morgan fingerprint density at radius 3 is 2.29 bits per heavy atom. The van der Waals surface area contributed by atoms with Crippen molar-refractivity contribution < 1.29 is 22.7 Å². The lowest BCUT2D eigenvalue weighted by atomic mass is 9.97. The van der Waals surface area contributed by atoms with Gasteiger partial charge in [0.25, 0.3) is 0 Å². The van der Waals surface area contributed by atoms with Gasteiger partial charge in [0.2, 0.25) is 10.0 Å². The molecule has 7 heteroatoms. The first-order chi connectivity index (χ1) is 13.3. The summed E-state index contributed by atoms with van der Waals surface area (Å²) in [6, 6.07) is 13.7. The molecule has 0 fully saturated rings. The van der Waals surface area contributed by atoms with E-state index < -0.39 is 26.5 Å². The van der Waals surface area contributed by atoms with E-state index in [1.54, 1.807) is 42.5 Å². The van der Waals surface area contributed by atoms with Crippen LogP contribution >= 0.6 is 0 Å². The molecule has 0 radical (unpaired) electrons. The van der Waals surface area contributed by atoms with Crippen molar-refractivity contribution in [3.8, 4) is 0 Å². The summed E-state index contributed by atoms with van der Waals surface area (Å²) in [5.41, 5.74) is -1.44. The fraction of sp³-hybridized carbons (Fsp3) is 0.0952. The monoisotopic (exact) mass is 399 g/mol. The molecule has 0 saturated carbocycles. The molecule has 0 heterocycles. The van der Waals surface area contributed by atoms with E-state index in [0.29, 0.717) is 5.56 Å². The minimum atomic E-state index is -4.28. The first kappa shape index (κ1) is 19.9. The summed E-state index contributed by atoms with van der Waals surface area (Å²) in [6.07, 6.45) is 8.62. The molecule has 0 spiro atoms. The van der Waals surface area contributed by atoms with Crippen LogP contribution in [0.2, 0.25) is 0 Å². The Bertz CT molecular complexity index is 1040. The summed E-state index contributed by atoms with van der Waals surface area (Å²) in [5, 5.41) is 10.5. The standard InChI is InChI=1S/C21H18FNO4S/c22-18-8-4-5-9-20(18)28(26,27)23-21(25)14-12-16(13-15-21)10-11-19(24)17-6-2-1-3-7-17/h1-16,23,25H/b11-10+. The van der Waals surface area contributed by atoms with Crippen LogP contribution in [0.4, 0.5) is 4.39 Å². The number of benzene rings is 2. The molecule has 2 N–H and O–H groups in total. The fourth-order valence-electron chi connectivity index (χ4n) is 2.66. The van der Waals surface area contributed by atoms with Gasteiger partial charge in [-0.2, -0.15) is 4.72 Å². The molecule has 2 aromatic carbocycles. The molecular weight excluding hydrogens is 381 g/mol. The van der Waals surface area contributed by atoms with Crippen molar-refractivity contribution in [1.29, 1.82) is 0 Å². The summed E-state index contributed by atoms with van der Waals surface area (Å²) >= 11 is 0. The van der Waals surface area contributed by atoms with Gasteiger partial charge in [0.1, 0.15) is 10.7 Å². The molecule has 3 rings (SSSR count). The molecule has 0 atom stereocenters. The molecule has 144 valence electrons. The van der Waals surface area contributed by atoms with Gasteiger partial charge in [-0.3, -0.25) is 4.79 Å². The highest BCUT2D eigenvalue weighted by molar-refractivity contribution is 7.89. The first-order valence-corrected chi connectivity index (χ1v) is 9.95. The molecule has 0 bridgehead atoms. The Kier molecular flexibility index (Phi) is 5.69. The van der Waals surface area contributed by atoms with Crippen LogP contribution in [0.25, 0.3) is 0 Å². The normalized spacial score (nSPS) is 21.9. The van der Waals surface area contributed by atoms with Gasteiger partial charge in [-0.05, 0) is 30.4 Å². The Labute approximate surface area is 162 Å². The van der Waals surface area contributed by atoms with Crippen LogP contribution in [0.15, 0.2) is 95.9 Å². The second-order valence-corrected chi connectivity index (χ2v) is 7.90.